The van der Waals surface area contributed by atoms with E-state index in [1.165, 1.54) is 30.3 Å². The molecule has 0 saturated heterocycles. The van der Waals surface area contributed by atoms with Crippen LogP contribution in [0.15, 0.2) is 40.9 Å². The summed E-state index contributed by atoms with van der Waals surface area (Å²) in [6.07, 6.45) is 0. The van der Waals surface area contributed by atoms with E-state index < -0.39 is 5.82 Å². The first-order chi connectivity index (χ1) is 10.0. The van der Waals surface area contributed by atoms with Gasteiger partial charge in [0.15, 0.2) is 0 Å². The number of hydrogen-bond acceptors (Lipinski definition) is 5. The number of rotatable bonds is 2. The van der Waals surface area contributed by atoms with Crippen molar-refractivity contribution in [3.05, 3.63) is 47.2 Å². The minimum Gasteiger partial charge on any atom is -0.506 e. The van der Waals surface area contributed by atoms with E-state index in [2.05, 4.69) is 10.1 Å². The van der Waals surface area contributed by atoms with Gasteiger partial charge >= 0.3 is 0 Å². The third-order valence-electron chi connectivity index (χ3n) is 2.87. The molecule has 0 unspecified atom stereocenters. The summed E-state index contributed by atoms with van der Waals surface area (Å²) < 4.78 is 18.2. The summed E-state index contributed by atoms with van der Waals surface area (Å²) in [7, 11) is 0. The Kier molecular flexibility index (Phi) is 3.23. The summed E-state index contributed by atoms with van der Waals surface area (Å²) in [5.41, 5.74) is 6.83. The van der Waals surface area contributed by atoms with Crippen LogP contribution in [0.25, 0.3) is 22.8 Å². The van der Waals surface area contributed by atoms with Gasteiger partial charge in [0.1, 0.15) is 11.6 Å². The molecular weight excluding hydrogens is 297 g/mol. The van der Waals surface area contributed by atoms with E-state index in [4.69, 9.17) is 21.9 Å². The zero-order valence-corrected chi connectivity index (χ0v) is 11.3. The third-order valence-corrected chi connectivity index (χ3v) is 3.19. The molecule has 7 heteroatoms. The van der Waals surface area contributed by atoms with Crippen LogP contribution >= 0.6 is 11.6 Å². The molecule has 0 aliphatic carbocycles. The molecule has 0 aliphatic heterocycles. The number of nitrogens with two attached hydrogens (primary N) is 1. The summed E-state index contributed by atoms with van der Waals surface area (Å²) in [4.78, 5) is 4.19. The summed E-state index contributed by atoms with van der Waals surface area (Å²) >= 11 is 5.95. The van der Waals surface area contributed by atoms with Crippen molar-refractivity contribution in [3.63, 3.8) is 0 Å². The molecule has 1 heterocycles. The molecule has 3 aromatic rings. The lowest BCUT2D eigenvalue weighted by Gasteiger charge is -1.99. The van der Waals surface area contributed by atoms with Crippen LogP contribution < -0.4 is 5.73 Å². The van der Waals surface area contributed by atoms with Crippen LogP contribution in [0.1, 0.15) is 0 Å². The summed E-state index contributed by atoms with van der Waals surface area (Å²) in [5.74, 6) is -0.0161. The maximum Gasteiger partial charge on any atom is 0.258 e. The van der Waals surface area contributed by atoms with Crippen LogP contribution in [-0.4, -0.2) is 15.2 Å². The van der Waals surface area contributed by atoms with Gasteiger partial charge in [0, 0.05) is 11.1 Å². The lowest BCUT2D eigenvalue weighted by atomic mass is 10.2. The minimum atomic E-state index is -0.446. The van der Waals surface area contributed by atoms with Gasteiger partial charge in [-0.1, -0.05) is 16.8 Å². The van der Waals surface area contributed by atoms with Crippen molar-refractivity contribution in [2.24, 2.45) is 0 Å². The topological polar surface area (TPSA) is 85.2 Å². The van der Waals surface area contributed by atoms with Crippen LogP contribution in [0.5, 0.6) is 5.75 Å². The van der Waals surface area contributed by atoms with Gasteiger partial charge in [0.05, 0.1) is 10.7 Å². The zero-order chi connectivity index (χ0) is 15.0. The monoisotopic (exact) mass is 305 g/mol. The second-order valence-electron chi connectivity index (χ2n) is 4.32. The molecule has 0 aliphatic rings. The van der Waals surface area contributed by atoms with E-state index in [0.29, 0.717) is 11.1 Å². The van der Waals surface area contributed by atoms with Crippen molar-refractivity contribution in [2.45, 2.75) is 0 Å². The quantitative estimate of drug-likeness (QED) is 0.559. The Bertz CT molecular complexity index is 820. The Morgan fingerprint density at radius 3 is 2.71 bits per heavy atom. The highest BCUT2D eigenvalue weighted by Gasteiger charge is 2.14. The van der Waals surface area contributed by atoms with Crippen molar-refractivity contribution in [3.8, 4) is 28.6 Å². The highest BCUT2D eigenvalue weighted by atomic mass is 35.5. The zero-order valence-electron chi connectivity index (χ0n) is 10.5. The fourth-order valence-electron chi connectivity index (χ4n) is 1.81. The molecule has 1 aromatic heterocycles. The SMILES string of the molecule is Nc1cc(-c2nc(-c3ccc(F)cc3Cl)no2)ccc1O. The van der Waals surface area contributed by atoms with Crippen LogP contribution in [0, 0.1) is 5.82 Å². The number of halogens is 2. The van der Waals surface area contributed by atoms with Gasteiger partial charge in [0.2, 0.25) is 5.82 Å². The predicted molar refractivity (Wildman–Crippen MR) is 76.2 cm³/mol. The molecule has 0 atom stereocenters. The largest absolute Gasteiger partial charge is 0.506 e. The number of phenolic OH excluding ortho intramolecular Hbond substituents is 1. The molecular formula is C14H9ClFN3O2. The molecule has 5 nitrogen and oxygen atoms in total. The van der Waals surface area contributed by atoms with Gasteiger partial charge in [0.25, 0.3) is 5.89 Å². The number of aromatic nitrogens is 2. The minimum absolute atomic E-state index is 0.0277. The Balaban J connectivity index is 2.01. The van der Waals surface area contributed by atoms with E-state index in [1.807, 2.05) is 0 Å². The van der Waals surface area contributed by atoms with Gasteiger partial charge in [-0.3, -0.25) is 0 Å². The molecule has 3 N–H and O–H groups in total. The number of nitrogen functional groups attached to an aromatic ring is 1. The fourth-order valence-corrected chi connectivity index (χ4v) is 2.06. The summed E-state index contributed by atoms with van der Waals surface area (Å²) in [6.45, 7) is 0. The molecule has 2 aromatic carbocycles. The lowest BCUT2D eigenvalue weighted by molar-refractivity contribution is 0.432. The van der Waals surface area contributed by atoms with Crippen molar-refractivity contribution >= 4 is 17.3 Å². The first-order valence-electron chi connectivity index (χ1n) is 5.92. The van der Waals surface area contributed by atoms with Crippen LogP contribution in [0.4, 0.5) is 10.1 Å². The number of hydrogen-bond donors (Lipinski definition) is 2. The smallest absolute Gasteiger partial charge is 0.258 e. The van der Waals surface area contributed by atoms with Crippen molar-refractivity contribution in [1.29, 1.82) is 0 Å². The number of phenols is 1. The van der Waals surface area contributed by atoms with E-state index >= 15 is 0 Å². The van der Waals surface area contributed by atoms with Crippen molar-refractivity contribution in [1.82, 2.24) is 10.1 Å². The predicted octanol–water partition coefficient (Wildman–Crippen LogP) is 3.48. The van der Waals surface area contributed by atoms with Gasteiger partial charge < -0.3 is 15.4 Å². The van der Waals surface area contributed by atoms with E-state index in [9.17, 15) is 9.50 Å². The number of aromatic hydroxyl groups is 1. The second-order valence-corrected chi connectivity index (χ2v) is 4.73. The Hall–Kier alpha value is -2.60. The Labute approximate surface area is 123 Å². The first-order valence-corrected chi connectivity index (χ1v) is 6.30. The molecule has 0 bridgehead atoms. The summed E-state index contributed by atoms with van der Waals surface area (Å²) in [6, 6.07) is 8.44. The van der Waals surface area contributed by atoms with Gasteiger partial charge in [-0.05, 0) is 36.4 Å². The van der Waals surface area contributed by atoms with Gasteiger partial charge in [-0.2, -0.15) is 4.98 Å². The fraction of sp³-hybridized carbons (Fsp3) is 0. The molecule has 0 spiro atoms. The highest BCUT2D eigenvalue weighted by Crippen LogP contribution is 2.30. The third kappa shape index (κ3) is 2.53. The first kappa shape index (κ1) is 13.4. The lowest BCUT2D eigenvalue weighted by Crippen LogP contribution is -1.87. The number of benzene rings is 2. The molecule has 0 radical (unpaired) electrons. The molecule has 0 saturated carbocycles. The molecule has 0 amide bonds. The number of anilines is 1. The van der Waals surface area contributed by atoms with E-state index in [0.717, 1.165) is 0 Å². The maximum absolute atomic E-state index is 13.0. The molecule has 21 heavy (non-hydrogen) atoms. The second kappa shape index (κ2) is 5.06. The average molecular weight is 306 g/mol. The molecule has 0 fully saturated rings. The van der Waals surface area contributed by atoms with Crippen LogP contribution in [0.2, 0.25) is 5.02 Å². The van der Waals surface area contributed by atoms with Gasteiger partial charge in [-0.15, -0.1) is 0 Å². The Morgan fingerprint density at radius 1 is 1.19 bits per heavy atom. The highest BCUT2D eigenvalue weighted by molar-refractivity contribution is 6.33. The van der Waals surface area contributed by atoms with Crippen LogP contribution in [-0.2, 0) is 0 Å². The average Bonchev–Trinajstić information content (AvgIpc) is 2.91. The van der Waals surface area contributed by atoms with Crippen LogP contribution in [0.3, 0.4) is 0 Å². The number of nitrogens with zero attached hydrogens (tertiary/aromatic N) is 2. The molecule has 106 valence electrons. The Morgan fingerprint density at radius 2 is 2.00 bits per heavy atom. The normalized spacial score (nSPS) is 10.8. The van der Waals surface area contributed by atoms with Crippen molar-refractivity contribution in [2.75, 3.05) is 5.73 Å². The van der Waals surface area contributed by atoms with E-state index in [1.54, 1.807) is 6.07 Å². The maximum atomic E-state index is 13.0. The standard InChI is InChI=1S/C14H9ClFN3O2/c15-10-6-8(16)2-3-9(10)13-18-14(21-19-13)7-1-4-12(20)11(17)5-7/h1-6,20H,17H2. The molecule has 3 rings (SSSR count). The summed E-state index contributed by atoms with van der Waals surface area (Å²) in [5, 5.41) is 13.4. The van der Waals surface area contributed by atoms with Crippen molar-refractivity contribution < 1.29 is 14.0 Å². The van der Waals surface area contributed by atoms with Gasteiger partial charge in [-0.25, -0.2) is 4.39 Å². The van der Waals surface area contributed by atoms with E-state index in [-0.39, 0.29) is 28.2 Å².